The molecule has 6 heteroatoms. The zero-order valence-electron chi connectivity index (χ0n) is 14.2. The number of carbonyl (C=O) groups excluding carboxylic acids is 1. The third kappa shape index (κ3) is 5.18. The number of nitrogens with one attached hydrogen (secondary N) is 1. The third-order valence-corrected chi connectivity index (χ3v) is 4.14. The molecule has 1 saturated heterocycles. The molecule has 0 bridgehead atoms. The van der Waals surface area contributed by atoms with E-state index in [1.165, 1.54) is 0 Å². The summed E-state index contributed by atoms with van der Waals surface area (Å²) in [5.41, 5.74) is 0.474. The SMILES string of the molecule is COCCOc1ncccc1C(=O)NC[C@@H]1CCN(C(C)C)C1. The van der Waals surface area contributed by atoms with E-state index in [-0.39, 0.29) is 5.91 Å². The molecule has 0 aliphatic carbocycles. The number of ether oxygens (including phenoxy) is 2. The lowest BCUT2D eigenvalue weighted by atomic mass is 10.1. The van der Waals surface area contributed by atoms with Crippen LogP contribution in [0.15, 0.2) is 18.3 Å². The molecule has 1 fully saturated rings. The predicted molar refractivity (Wildman–Crippen MR) is 88.8 cm³/mol. The first-order valence-corrected chi connectivity index (χ1v) is 8.20. The zero-order chi connectivity index (χ0) is 16.7. The molecular weight excluding hydrogens is 294 g/mol. The quantitative estimate of drug-likeness (QED) is 0.736. The standard InChI is InChI=1S/C17H27N3O3/c1-13(2)20-8-6-14(12-20)11-19-16(21)15-5-4-7-18-17(15)23-10-9-22-3/h4-5,7,13-14H,6,8-12H2,1-3H3,(H,19,21)/t14-/m0/s1. The Kier molecular flexibility index (Phi) is 6.80. The van der Waals surface area contributed by atoms with Crippen LogP contribution in [0.4, 0.5) is 0 Å². The summed E-state index contributed by atoms with van der Waals surface area (Å²) >= 11 is 0. The van der Waals surface area contributed by atoms with Crippen molar-refractivity contribution in [2.24, 2.45) is 5.92 Å². The number of hydrogen-bond acceptors (Lipinski definition) is 5. The van der Waals surface area contributed by atoms with Crippen LogP contribution in [0.2, 0.25) is 0 Å². The number of amides is 1. The summed E-state index contributed by atoms with van der Waals surface area (Å²) in [4.78, 5) is 19.0. The summed E-state index contributed by atoms with van der Waals surface area (Å²) in [6.07, 6.45) is 2.75. The second-order valence-electron chi connectivity index (χ2n) is 6.15. The van der Waals surface area contributed by atoms with Gasteiger partial charge in [0.15, 0.2) is 0 Å². The Balaban J connectivity index is 1.86. The molecule has 0 radical (unpaired) electrons. The molecule has 128 valence electrons. The molecule has 0 spiro atoms. The van der Waals surface area contributed by atoms with Gasteiger partial charge in [-0.15, -0.1) is 0 Å². The first kappa shape index (κ1) is 17.7. The Morgan fingerprint density at radius 1 is 1.48 bits per heavy atom. The van der Waals surface area contributed by atoms with E-state index in [1.54, 1.807) is 25.4 Å². The van der Waals surface area contributed by atoms with Crippen molar-refractivity contribution < 1.29 is 14.3 Å². The fourth-order valence-corrected chi connectivity index (χ4v) is 2.73. The molecule has 0 aromatic carbocycles. The van der Waals surface area contributed by atoms with Gasteiger partial charge in [-0.3, -0.25) is 4.79 Å². The van der Waals surface area contributed by atoms with Gasteiger partial charge < -0.3 is 19.7 Å². The van der Waals surface area contributed by atoms with E-state index in [0.29, 0.717) is 43.2 Å². The summed E-state index contributed by atoms with van der Waals surface area (Å²) in [6.45, 7) is 8.10. The fourth-order valence-electron chi connectivity index (χ4n) is 2.73. The Labute approximate surface area is 138 Å². The summed E-state index contributed by atoms with van der Waals surface area (Å²) < 4.78 is 10.5. The van der Waals surface area contributed by atoms with Gasteiger partial charge in [0.1, 0.15) is 12.2 Å². The van der Waals surface area contributed by atoms with Crippen molar-refractivity contribution >= 4 is 5.91 Å². The smallest absolute Gasteiger partial charge is 0.256 e. The minimum Gasteiger partial charge on any atom is -0.475 e. The highest BCUT2D eigenvalue weighted by Crippen LogP contribution is 2.18. The summed E-state index contributed by atoms with van der Waals surface area (Å²) in [5, 5.41) is 3.01. The van der Waals surface area contributed by atoms with Crippen molar-refractivity contribution in [3.05, 3.63) is 23.9 Å². The molecule has 1 atom stereocenters. The van der Waals surface area contributed by atoms with Crippen LogP contribution >= 0.6 is 0 Å². The third-order valence-electron chi connectivity index (χ3n) is 4.14. The minimum atomic E-state index is -0.131. The number of pyridine rings is 1. The summed E-state index contributed by atoms with van der Waals surface area (Å²) in [5.74, 6) is 0.738. The first-order chi connectivity index (χ1) is 11.1. The average molecular weight is 321 g/mol. The molecule has 23 heavy (non-hydrogen) atoms. The van der Waals surface area contributed by atoms with Gasteiger partial charge in [-0.2, -0.15) is 0 Å². The van der Waals surface area contributed by atoms with Crippen molar-refractivity contribution in [1.82, 2.24) is 15.2 Å². The Bertz CT molecular complexity index is 508. The molecule has 0 unspecified atom stereocenters. The van der Waals surface area contributed by atoms with E-state index in [2.05, 4.69) is 29.0 Å². The maximum Gasteiger partial charge on any atom is 0.256 e. The van der Waals surface area contributed by atoms with Crippen LogP contribution < -0.4 is 10.1 Å². The van der Waals surface area contributed by atoms with E-state index in [0.717, 1.165) is 19.5 Å². The second-order valence-corrected chi connectivity index (χ2v) is 6.15. The maximum atomic E-state index is 12.4. The number of likely N-dealkylation sites (tertiary alicyclic amines) is 1. The lowest BCUT2D eigenvalue weighted by Gasteiger charge is -2.20. The topological polar surface area (TPSA) is 63.7 Å². The van der Waals surface area contributed by atoms with Crippen molar-refractivity contribution in [3.8, 4) is 5.88 Å². The van der Waals surface area contributed by atoms with E-state index < -0.39 is 0 Å². The summed E-state index contributed by atoms with van der Waals surface area (Å²) in [6, 6.07) is 4.04. The minimum absolute atomic E-state index is 0.131. The van der Waals surface area contributed by atoms with Crippen molar-refractivity contribution in [2.45, 2.75) is 26.3 Å². The van der Waals surface area contributed by atoms with Gasteiger partial charge in [0.05, 0.1) is 6.61 Å². The molecule has 1 aliphatic rings. The van der Waals surface area contributed by atoms with E-state index >= 15 is 0 Å². The second kappa shape index (κ2) is 8.84. The van der Waals surface area contributed by atoms with E-state index in [9.17, 15) is 4.79 Å². The Hall–Kier alpha value is -1.66. The fraction of sp³-hybridized carbons (Fsp3) is 0.647. The van der Waals surface area contributed by atoms with E-state index in [1.807, 2.05) is 0 Å². The molecule has 2 heterocycles. The Morgan fingerprint density at radius 3 is 3.00 bits per heavy atom. The lowest BCUT2D eigenvalue weighted by molar-refractivity contribution is 0.0937. The molecular formula is C17H27N3O3. The van der Waals surface area contributed by atoms with Crippen LogP contribution in [0.3, 0.4) is 0 Å². The van der Waals surface area contributed by atoms with E-state index in [4.69, 9.17) is 9.47 Å². The van der Waals surface area contributed by atoms with Crippen molar-refractivity contribution in [1.29, 1.82) is 0 Å². The monoisotopic (exact) mass is 321 g/mol. The first-order valence-electron chi connectivity index (χ1n) is 8.20. The highest BCUT2D eigenvalue weighted by molar-refractivity contribution is 5.96. The van der Waals surface area contributed by atoms with Gasteiger partial charge in [0.2, 0.25) is 5.88 Å². The van der Waals surface area contributed by atoms with Crippen LogP contribution in [0.1, 0.15) is 30.6 Å². The van der Waals surface area contributed by atoms with Crippen molar-refractivity contribution in [3.63, 3.8) is 0 Å². The Morgan fingerprint density at radius 2 is 2.30 bits per heavy atom. The number of carbonyl (C=O) groups is 1. The number of methoxy groups -OCH3 is 1. The molecule has 1 amide bonds. The van der Waals surface area contributed by atoms with Gasteiger partial charge in [0.25, 0.3) is 5.91 Å². The normalized spacial score (nSPS) is 18.3. The van der Waals surface area contributed by atoms with Crippen molar-refractivity contribution in [2.75, 3.05) is 40.0 Å². The van der Waals surface area contributed by atoms with Gasteiger partial charge in [-0.25, -0.2) is 4.98 Å². The van der Waals surface area contributed by atoms with Crippen LogP contribution in [0.5, 0.6) is 5.88 Å². The van der Waals surface area contributed by atoms with Gasteiger partial charge >= 0.3 is 0 Å². The molecule has 2 rings (SSSR count). The highest BCUT2D eigenvalue weighted by Gasteiger charge is 2.25. The maximum absolute atomic E-state index is 12.4. The van der Waals surface area contributed by atoms with Gasteiger partial charge in [0, 0.05) is 32.4 Å². The molecule has 1 N–H and O–H groups in total. The zero-order valence-corrected chi connectivity index (χ0v) is 14.2. The molecule has 1 aliphatic heterocycles. The number of nitrogens with zero attached hydrogens (tertiary/aromatic N) is 2. The van der Waals surface area contributed by atoms with Crippen LogP contribution in [0, 0.1) is 5.92 Å². The number of hydrogen-bond donors (Lipinski definition) is 1. The average Bonchev–Trinajstić information content (AvgIpc) is 3.02. The summed E-state index contributed by atoms with van der Waals surface area (Å²) in [7, 11) is 1.61. The predicted octanol–water partition coefficient (Wildman–Crippen LogP) is 1.57. The highest BCUT2D eigenvalue weighted by atomic mass is 16.5. The van der Waals surface area contributed by atoms with Gasteiger partial charge in [-0.1, -0.05) is 0 Å². The van der Waals surface area contributed by atoms with Crippen LogP contribution in [-0.2, 0) is 4.74 Å². The molecule has 1 aromatic rings. The molecule has 0 saturated carbocycles. The largest absolute Gasteiger partial charge is 0.475 e. The van der Waals surface area contributed by atoms with Crippen LogP contribution in [0.25, 0.3) is 0 Å². The molecule has 6 nitrogen and oxygen atoms in total. The molecule has 1 aromatic heterocycles. The lowest BCUT2D eigenvalue weighted by Crippen LogP contribution is -2.33. The van der Waals surface area contributed by atoms with Gasteiger partial charge in [-0.05, 0) is 44.9 Å². The van der Waals surface area contributed by atoms with Crippen LogP contribution in [-0.4, -0.2) is 61.8 Å². The number of aromatic nitrogens is 1. The number of rotatable bonds is 8.